The number of carbonyl (C=O) groups is 1. The van der Waals surface area contributed by atoms with Gasteiger partial charge in [0, 0.05) is 12.2 Å². The number of nitrogens with zero attached hydrogens (tertiary/aromatic N) is 3. The first-order valence-electron chi connectivity index (χ1n) is 7.90. The molecule has 2 aromatic heterocycles. The maximum absolute atomic E-state index is 12.2. The van der Waals surface area contributed by atoms with Gasteiger partial charge >= 0.3 is 11.8 Å². The van der Waals surface area contributed by atoms with Crippen molar-refractivity contribution in [2.24, 2.45) is 0 Å². The molecule has 0 fully saturated rings. The summed E-state index contributed by atoms with van der Waals surface area (Å²) in [6.45, 7) is 4.10. The molecule has 7 nitrogen and oxygen atoms in total. The second-order valence-corrected chi connectivity index (χ2v) is 5.77. The fourth-order valence-corrected chi connectivity index (χ4v) is 2.59. The summed E-state index contributed by atoms with van der Waals surface area (Å²) in [5.41, 5.74) is 9.43. The van der Waals surface area contributed by atoms with E-state index >= 15 is 0 Å². The van der Waals surface area contributed by atoms with Crippen molar-refractivity contribution in [1.82, 2.24) is 20.5 Å². The van der Waals surface area contributed by atoms with Crippen LogP contribution in [0.15, 0.2) is 40.8 Å². The number of hydrogen-bond donors (Lipinski definition) is 2. The van der Waals surface area contributed by atoms with Crippen molar-refractivity contribution in [3.05, 3.63) is 70.6 Å². The highest BCUT2D eigenvalue weighted by molar-refractivity contribution is 5.89. The van der Waals surface area contributed by atoms with Crippen molar-refractivity contribution in [3.8, 4) is 0 Å². The molecule has 0 spiro atoms. The molecule has 1 amide bonds. The number of aryl methyl sites for hydroxylation is 2. The van der Waals surface area contributed by atoms with Gasteiger partial charge in [-0.25, -0.2) is 4.98 Å². The van der Waals surface area contributed by atoms with E-state index in [9.17, 15) is 4.79 Å². The molecular weight excluding hydrogens is 318 g/mol. The van der Waals surface area contributed by atoms with Gasteiger partial charge in [-0.15, -0.1) is 10.2 Å². The predicted molar refractivity (Wildman–Crippen MR) is 92.8 cm³/mol. The van der Waals surface area contributed by atoms with Gasteiger partial charge < -0.3 is 15.5 Å². The number of benzene rings is 1. The third-order valence-corrected chi connectivity index (χ3v) is 3.86. The van der Waals surface area contributed by atoms with Crippen LogP contribution >= 0.6 is 0 Å². The van der Waals surface area contributed by atoms with Gasteiger partial charge in [-0.3, -0.25) is 4.79 Å². The van der Waals surface area contributed by atoms with Crippen molar-refractivity contribution in [2.75, 3.05) is 5.73 Å². The molecule has 25 heavy (non-hydrogen) atoms. The zero-order valence-electron chi connectivity index (χ0n) is 14.1. The largest absolute Gasteiger partial charge is 0.417 e. The van der Waals surface area contributed by atoms with Crippen LogP contribution in [0.2, 0.25) is 0 Å². The van der Waals surface area contributed by atoms with Gasteiger partial charge in [0.2, 0.25) is 5.89 Å². The third kappa shape index (κ3) is 4.00. The first-order valence-corrected chi connectivity index (χ1v) is 7.90. The number of amides is 1. The summed E-state index contributed by atoms with van der Waals surface area (Å²) in [5.74, 6) is 0.400. The Morgan fingerprint density at radius 3 is 2.68 bits per heavy atom. The molecule has 0 unspecified atom stereocenters. The highest BCUT2D eigenvalue weighted by Crippen LogP contribution is 2.14. The fraction of sp³-hybridized carbons (Fsp3) is 0.222. The molecule has 128 valence electrons. The zero-order valence-corrected chi connectivity index (χ0v) is 14.1. The summed E-state index contributed by atoms with van der Waals surface area (Å²) >= 11 is 0. The van der Waals surface area contributed by atoms with Gasteiger partial charge in [0.1, 0.15) is 5.82 Å². The van der Waals surface area contributed by atoms with Crippen molar-refractivity contribution >= 4 is 11.7 Å². The molecule has 0 radical (unpaired) electrons. The second kappa shape index (κ2) is 7.12. The highest BCUT2D eigenvalue weighted by atomic mass is 16.4. The topological polar surface area (TPSA) is 107 Å². The van der Waals surface area contributed by atoms with Crippen LogP contribution in [0.3, 0.4) is 0 Å². The minimum absolute atomic E-state index is 0.0513. The van der Waals surface area contributed by atoms with Gasteiger partial charge in [-0.05, 0) is 36.6 Å². The first kappa shape index (κ1) is 16.6. The lowest BCUT2D eigenvalue weighted by molar-refractivity contribution is 0.0914. The van der Waals surface area contributed by atoms with E-state index in [0.717, 1.165) is 22.4 Å². The number of nitrogens with two attached hydrogens (primary N) is 1. The van der Waals surface area contributed by atoms with Crippen LogP contribution in [0.25, 0.3) is 0 Å². The SMILES string of the molecule is Cc1cc(N)nc(C)c1CNC(=O)c1nnc(Cc2ccccc2)o1. The standard InChI is InChI=1S/C18H19N5O2/c1-11-8-15(19)21-12(2)14(11)10-20-17(24)18-23-22-16(25-18)9-13-6-4-3-5-7-13/h3-8H,9-10H2,1-2H3,(H2,19,21)(H,20,24). The number of rotatable bonds is 5. The quantitative estimate of drug-likeness (QED) is 0.739. The normalized spacial score (nSPS) is 10.6. The van der Waals surface area contributed by atoms with Crippen LogP contribution in [0, 0.1) is 13.8 Å². The Morgan fingerprint density at radius 1 is 1.20 bits per heavy atom. The molecule has 0 bridgehead atoms. The number of nitrogens with one attached hydrogen (secondary N) is 1. The van der Waals surface area contributed by atoms with Crippen molar-refractivity contribution in [2.45, 2.75) is 26.8 Å². The van der Waals surface area contributed by atoms with E-state index in [4.69, 9.17) is 10.2 Å². The van der Waals surface area contributed by atoms with E-state index in [1.807, 2.05) is 44.2 Å². The lowest BCUT2D eigenvalue weighted by atomic mass is 10.1. The Labute approximate surface area is 145 Å². The maximum Gasteiger partial charge on any atom is 0.309 e. The lowest BCUT2D eigenvalue weighted by Gasteiger charge is -2.10. The van der Waals surface area contributed by atoms with Crippen molar-refractivity contribution < 1.29 is 9.21 Å². The highest BCUT2D eigenvalue weighted by Gasteiger charge is 2.16. The van der Waals surface area contributed by atoms with Crippen LogP contribution in [0.4, 0.5) is 5.82 Å². The second-order valence-electron chi connectivity index (χ2n) is 5.77. The van der Waals surface area contributed by atoms with Gasteiger partial charge in [0.05, 0.1) is 6.42 Å². The fourth-order valence-electron chi connectivity index (χ4n) is 2.59. The van der Waals surface area contributed by atoms with Gasteiger partial charge in [0.15, 0.2) is 0 Å². The number of pyridine rings is 1. The van der Waals surface area contributed by atoms with Crippen LogP contribution in [-0.4, -0.2) is 21.1 Å². The van der Waals surface area contributed by atoms with Gasteiger partial charge in [-0.2, -0.15) is 0 Å². The number of aromatic nitrogens is 3. The molecule has 3 N–H and O–H groups in total. The Hall–Kier alpha value is -3.22. The molecular formula is C18H19N5O2. The lowest BCUT2D eigenvalue weighted by Crippen LogP contribution is -2.24. The summed E-state index contributed by atoms with van der Waals surface area (Å²) in [5, 5.41) is 10.5. The molecule has 0 aliphatic carbocycles. The molecule has 1 aromatic carbocycles. The van der Waals surface area contributed by atoms with Gasteiger partial charge in [0.25, 0.3) is 0 Å². The van der Waals surface area contributed by atoms with Crippen molar-refractivity contribution in [3.63, 3.8) is 0 Å². The Kier molecular flexibility index (Phi) is 4.74. The summed E-state index contributed by atoms with van der Waals surface area (Å²) in [6, 6.07) is 11.5. The molecule has 0 aliphatic heterocycles. The summed E-state index contributed by atoms with van der Waals surface area (Å²) < 4.78 is 5.45. The van der Waals surface area contributed by atoms with Crippen LogP contribution in [0.5, 0.6) is 0 Å². The predicted octanol–water partition coefficient (Wildman–Crippen LogP) is 2.18. The Balaban J connectivity index is 1.64. The molecule has 0 atom stereocenters. The van der Waals surface area contributed by atoms with Crippen LogP contribution in [0.1, 0.15) is 39.0 Å². The Bertz CT molecular complexity index is 866. The summed E-state index contributed by atoms with van der Waals surface area (Å²) in [7, 11) is 0. The van der Waals surface area contributed by atoms with Gasteiger partial charge in [-0.1, -0.05) is 30.3 Å². The van der Waals surface area contributed by atoms with E-state index in [1.54, 1.807) is 6.07 Å². The van der Waals surface area contributed by atoms with E-state index < -0.39 is 5.91 Å². The average Bonchev–Trinajstić information content (AvgIpc) is 3.03. The molecule has 7 heteroatoms. The smallest absolute Gasteiger partial charge is 0.309 e. The summed E-state index contributed by atoms with van der Waals surface area (Å²) in [4.78, 5) is 16.4. The molecule has 3 rings (SSSR count). The number of carbonyl (C=O) groups excluding carboxylic acids is 1. The molecule has 0 saturated carbocycles. The maximum atomic E-state index is 12.2. The monoisotopic (exact) mass is 337 g/mol. The van der Waals surface area contributed by atoms with Crippen LogP contribution < -0.4 is 11.1 Å². The van der Waals surface area contributed by atoms with E-state index in [-0.39, 0.29) is 5.89 Å². The Morgan fingerprint density at radius 2 is 1.96 bits per heavy atom. The zero-order chi connectivity index (χ0) is 17.8. The number of nitrogen functional groups attached to an aromatic ring is 1. The average molecular weight is 337 g/mol. The molecule has 2 heterocycles. The minimum atomic E-state index is -0.414. The number of hydrogen-bond acceptors (Lipinski definition) is 6. The minimum Gasteiger partial charge on any atom is -0.417 e. The van der Waals surface area contributed by atoms with E-state index in [2.05, 4.69) is 20.5 Å². The third-order valence-electron chi connectivity index (χ3n) is 3.86. The summed E-state index contributed by atoms with van der Waals surface area (Å²) in [6.07, 6.45) is 0.487. The van der Waals surface area contributed by atoms with E-state index in [0.29, 0.717) is 24.7 Å². The molecule has 3 aromatic rings. The number of anilines is 1. The first-order chi connectivity index (χ1) is 12.0. The van der Waals surface area contributed by atoms with Crippen LogP contribution in [-0.2, 0) is 13.0 Å². The molecule has 0 aliphatic rings. The van der Waals surface area contributed by atoms with Crippen molar-refractivity contribution in [1.29, 1.82) is 0 Å². The van der Waals surface area contributed by atoms with E-state index in [1.165, 1.54) is 0 Å². The molecule has 0 saturated heterocycles.